The Kier molecular flexibility index (Phi) is 1.44. The maximum absolute atomic E-state index is 9.46. The lowest BCUT2D eigenvalue weighted by Crippen LogP contribution is -2.17. The first kappa shape index (κ1) is 7.36. The van der Waals surface area contributed by atoms with Crippen LogP contribution < -0.4 is 4.90 Å². The predicted octanol–water partition coefficient (Wildman–Crippen LogP) is 2.01. The second-order valence-corrected chi connectivity index (χ2v) is 3.42. The lowest BCUT2D eigenvalue weighted by Gasteiger charge is -2.22. The van der Waals surface area contributed by atoms with Gasteiger partial charge in [-0.25, -0.2) is 4.98 Å². The summed E-state index contributed by atoms with van der Waals surface area (Å²) >= 11 is 1.49. The monoisotopic (exact) mass is 180 g/mol. The van der Waals surface area contributed by atoms with E-state index in [2.05, 4.69) is 11.6 Å². The van der Waals surface area contributed by atoms with Crippen LogP contribution in [0, 0.1) is 0 Å². The highest BCUT2D eigenvalue weighted by molar-refractivity contribution is 7.14. The molecule has 0 spiro atoms. The molecule has 0 amide bonds. The highest BCUT2D eigenvalue weighted by Crippen LogP contribution is 2.35. The Bertz CT molecular complexity index is 367. The number of rotatable bonds is 0. The number of fused-ring (bicyclic) bond motifs is 1. The van der Waals surface area contributed by atoms with E-state index in [9.17, 15) is 5.11 Å². The fourth-order valence-electron chi connectivity index (χ4n) is 1.11. The summed E-state index contributed by atoms with van der Waals surface area (Å²) < 4.78 is 0. The molecule has 0 aromatic carbocycles. The first-order chi connectivity index (χ1) is 5.70. The zero-order valence-electron chi connectivity index (χ0n) is 6.61. The second-order valence-electron chi connectivity index (χ2n) is 2.59. The number of aliphatic hydroxyl groups is 1. The van der Waals surface area contributed by atoms with Crippen molar-refractivity contribution in [1.29, 1.82) is 0 Å². The Morgan fingerprint density at radius 1 is 1.67 bits per heavy atom. The molecule has 0 atom stereocenters. The van der Waals surface area contributed by atoms with Crippen molar-refractivity contribution in [3.05, 3.63) is 29.6 Å². The number of aromatic nitrogens is 1. The summed E-state index contributed by atoms with van der Waals surface area (Å²) in [5.41, 5.74) is 3.14. The summed E-state index contributed by atoms with van der Waals surface area (Å²) in [6, 6.07) is 0. The third-order valence-electron chi connectivity index (χ3n) is 1.83. The van der Waals surface area contributed by atoms with Gasteiger partial charge < -0.3 is 10.0 Å². The predicted molar refractivity (Wildman–Crippen MR) is 50.3 cm³/mol. The highest BCUT2D eigenvalue weighted by Gasteiger charge is 2.20. The molecule has 0 saturated heterocycles. The first-order valence-corrected chi connectivity index (χ1v) is 4.35. The Morgan fingerprint density at radius 3 is 3.17 bits per heavy atom. The fourth-order valence-corrected chi connectivity index (χ4v) is 1.91. The van der Waals surface area contributed by atoms with Crippen LogP contribution in [0.1, 0.15) is 5.69 Å². The van der Waals surface area contributed by atoms with Crippen molar-refractivity contribution in [2.45, 2.75) is 0 Å². The van der Waals surface area contributed by atoms with Gasteiger partial charge in [0.2, 0.25) is 0 Å². The zero-order valence-corrected chi connectivity index (χ0v) is 7.43. The minimum absolute atomic E-state index is 0.203. The summed E-state index contributed by atoms with van der Waals surface area (Å²) in [4.78, 5) is 5.95. The molecule has 0 bridgehead atoms. The number of likely N-dealkylation sites (N-methyl/N-ethyl adjacent to an activating group) is 1. The summed E-state index contributed by atoms with van der Waals surface area (Å²) in [6.45, 7) is 3.79. The fraction of sp³-hybridized carbons (Fsp3) is 0.125. The lowest BCUT2D eigenvalue weighted by atomic mass is 10.2. The van der Waals surface area contributed by atoms with Crippen molar-refractivity contribution >= 4 is 22.1 Å². The van der Waals surface area contributed by atoms with Gasteiger partial charge in [0, 0.05) is 18.8 Å². The van der Waals surface area contributed by atoms with Crippen LogP contribution in [0.3, 0.4) is 0 Å². The van der Waals surface area contributed by atoms with Crippen LogP contribution in [0.15, 0.2) is 23.9 Å². The van der Waals surface area contributed by atoms with E-state index in [1.807, 2.05) is 11.9 Å². The second kappa shape index (κ2) is 2.35. The van der Waals surface area contributed by atoms with E-state index >= 15 is 0 Å². The van der Waals surface area contributed by atoms with Crippen molar-refractivity contribution in [1.82, 2.24) is 4.98 Å². The molecule has 0 radical (unpaired) electrons. The van der Waals surface area contributed by atoms with E-state index in [0.29, 0.717) is 5.69 Å². The van der Waals surface area contributed by atoms with Gasteiger partial charge >= 0.3 is 0 Å². The topological polar surface area (TPSA) is 36.4 Å². The lowest BCUT2D eigenvalue weighted by molar-refractivity contribution is 0.507. The number of aliphatic hydroxyl groups excluding tert-OH is 1. The van der Waals surface area contributed by atoms with Crippen LogP contribution in [-0.4, -0.2) is 17.1 Å². The van der Waals surface area contributed by atoms with Gasteiger partial charge in [-0.15, -0.1) is 11.3 Å². The highest BCUT2D eigenvalue weighted by atomic mass is 32.1. The minimum Gasteiger partial charge on any atom is -0.505 e. The van der Waals surface area contributed by atoms with Crippen LogP contribution in [-0.2, 0) is 0 Å². The Balaban J connectivity index is 2.62. The van der Waals surface area contributed by atoms with Crippen molar-refractivity contribution in [3.8, 4) is 0 Å². The van der Waals surface area contributed by atoms with Gasteiger partial charge in [-0.3, -0.25) is 0 Å². The molecule has 2 rings (SSSR count). The Hall–Kier alpha value is -1.29. The van der Waals surface area contributed by atoms with Gasteiger partial charge in [0.25, 0.3) is 0 Å². The molecule has 1 aromatic heterocycles. The number of thiazole rings is 1. The average Bonchev–Trinajstić information content (AvgIpc) is 2.48. The normalized spacial score (nSPS) is 15.9. The van der Waals surface area contributed by atoms with E-state index < -0.39 is 0 Å². The number of anilines is 1. The number of allylic oxidation sites excluding steroid dienone is 1. The molecule has 0 unspecified atom stereocenters. The maximum atomic E-state index is 9.46. The van der Waals surface area contributed by atoms with Crippen LogP contribution in [0.2, 0.25) is 0 Å². The molecular weight excluding hydrogens is 172 g/mol. The SMILES string of the molecule is C=C1C=C(O)c2ncsc2N1C. The Labute approximate surface area is 74.3 Å². The molecule has 1 aliphatic heterocycles. The van der Waals surface area contributed by atoms with E-state index in [-0.39, 0.29) is 5.76 Å². The quantitative estimate of drug-likeness (QED) is 0.663. The smallest absolute Gasteiger partial charge is 0.146 e. The summed E-state index contributed by atoms with van der Waals surface area (Å²) in [6.07, 6.45) is 1.61. The molecule has 62 valence electrons. The van der Waals surface area contributed by atoms with Crippen molar-refractivity contribution in [2.75, 3.05) is 11.9 Å². The molecule has 1 N–H and O–H groups in total. The van der Waals surface area contributed by atoms with Crippen LogP contribution in [0.5, 0.6) is 0 Å². The number of hydrogen-bond donors (Lipinski definition) is 1. The van der Waals surface area contributed by atoms with E-state index in [0.717, 1.165) is 10.7 Å². The van der Waals surface area contributed by atoms with Crippen LogP contribution in [0.4, 0.5) is 5.00 Å². The third-order valence-corrected chi connectivity index (χ3v) is 2.73. The van der Waals surface area contributed by atoms with Crippen LogP contribution in [0.25, 0.3) is 5.76 Å². The molecule has 4 heteroatoms. The largest absolute Gasteiger partial charge is 0.505 e. The van der Waals surface area contributed by atoms with E-state index in [4.69, 9.17) is 0 Å². The third kappa shape index (κ3) is 0.848. The molecule has 2 heterocycles. The van der Waals surface area contributed by atoms with Gasteiger partial charge in [-0.05, 0) is 0 Å². The minimum atomic E-state index is 0.203. The molecule has 1 aromatic rings. The van der Waals surface area contributed by atoms with E-state index in [1.165, 1.54) is 11.3 Å². The number of nitrogens with zero attached hydrogens (tertiary/aromatic N) is 2. The molecule has 3 nitrogen and oxygen atoms in total. The van der Waals surface area contributed by atoms with Crippen molar-refractivity contribution in [3.63, 3.8) is 0 Å². The molecule has 1 aliphatic rings. The Morgan fingerprint density at radius 2 is 2.42 bits per heavy atom. The standard InChI is InChI=1S/C8H8N2OS/c1-5-3-6(11)7-8(10(5)2)12-4-9-7/h3-4,11H,1H2,2H3. The summed E-state index contributed by atoms with van der Waals surface area (Å²) in [7, 11) is 1.91. The maximum Gasteiger partial charge on any atom is 0.146 e. The average molecular weight is 180 g/mol. The zero-order chi connectivity index (χ0) is 8.72. The summed E-state index contributed by atoms with van der Waals surface area (Å²) in [5, 5.41) is 10.4. The molecule has 0 fully saturated rings. The van der Waals surface area contributed by atoms with E-state index in [1.54, 1.807) is 11.6 Å². The molecule has 0 saturated carbocycles. The summed E-state index contributed by atoms with van der Waals surface area (Å²) in [5.74, 6) is 0.203. The van der Waals surface area contributed by atoms with Crippen molar-refractivity contribution < 1.29 is 5.11 Å². The molecular formula is C8H8N2OS. The number of hydrogen-bond acceptors (Lipinski definition) is 4. The van der Waals surface area contributed by atoms with Crippen LogP contribution >= 0.6 is 11.3 Å². The van der Waals surface area contributed by atoms with Gasteiger partial charge in [0.05, 0.1) is 5.51 Å². The molecule has 0 aliphatic carbocycles. The van der Waals surface area contributed by atoms with Gasteiger partial charge in [-0.1, -0.05) is 6.58 Å². The van der Waals surface area contributed by atoms with Gasteiger partial charge in [-0.2, -0.15) is 0 Å². The first-order valence-electron chi connectivity index (χ1n) is 3.47. The van der Waals surface area contributed by atoms with Crippen molar-refractivity contribution in [2.24, 2.45) is 0 Å². The molecule has 12 heavy (non-hydrogen) atoms. The van der Waals surface area contributed by atoms with Gasteiger partial charge in [0.1, 0.15) is 16.5 Å². The van der Waals surface area contributed by atoms with Gasteiger partial charge in [0.15, 0.2) is 0 Å².